The maximum absolute atomic E-state index is 13.5. The van der Waals surface area contributed by atoms with Crippen molar-refractivity contribution in [3.63, 3.8) is 0 Å². The maximum atomic E-state index is 13.5. The molecule has 16 heavy (non-hydrogen) atoms. The number of nitrogens with two attached hydrogens (primary N) is 1. The van der Waals surface area contributed by atoms with Crippen molar-refractivity contribution in [2.45, 2.75) is 12.8 Å². The first kappa shape index (κ1) is 12.7. The van der Waals surface area contributed by atoms with Crippen molar-refractivity contribution in [2.24, 2.45) is 5.73 Å². The molecule has 0 amide bonds. The average molecular weight is 231 g/mol. The van der Waals surface area contributed by atoms with Gasteiger partial charge >= 0.3 is 0 Å². The van der Waals surface area contributed by atoms with E-state index < -0.39 is 12.5 Å². The Morgan fingerprint density at radius 1 is 1.19 bits per heavy atom. The Balaban J connectivity index is 3.36. The summed E-state index contributed by atoms with van der Waals surface area (Å²) in [4.78, 5) is 0. The molecule has 2 N–H and O–H groups in total. The zero-order valence-electron chi connectivity index (χ0n) is 9.51. The van der Waals surface area contributed by atoms with Crippen LogP contribution in [0.1, 0.15) is 11.1 Å². The minimum Gasteiger partial charge on any atom is -0.496 e. The summed E-state index contributed by atoms with van der Waals surface area (Å²) in [5, 5.41) is 0. The summed E-state index contributed by atoms with van der Waals surface area (Å²) in [6.45, 7) is 0.987. The van der Waals surface area contributed by atoms with Crippen LogP contribution in [0.5, 0.6) is 11.5 Å². The summed E-state index contributed by atoms with van der Waals surface area (Å²) in [7, 11) is 2.77. The van der Waals surface area contributed by atoms with Gasteiger partial charge in [-0.15, -0.1) is 0 Å². The molecule has 1 rings (SSSR count). The molecule has 0 aliphatic heterocycles. The smallest absolute Gasteiger partial charge is 0.288 e. The zero-order valence-corrected chi connectivity index (χ0v) is 9.51. The zero-order chi connectivity index (χ0) is 12.3. The van der Waals surface area contributed by atoms with E-state index in [-0.39, 0.29) is 11.3 Å². The van der Waals surface area contributed by atoms with Crippen molar-refractivity contribution >= 4 is 0 Å². The van der Waals surface area contributed by atoms with E-state index in [1.54, 1.807) is 6.92 Å². The van der Waals surface area contributed by atoms with Gasteiger partial charge in [-0.3, -0.25) is 0 Å². The largest absolute Gasteiger partial charge is 0.496 e. The number of aryl methyl sites for hydroxylation is 1. The van der Waals surface area contributed by atoms with Gasteiger partial charge in [0.25, 0.3) is 5.92 Å². The molecule has 0 fully saturated rings. The molecule has 0 bridgehead atoms. The predicted octanol–water partition coefficient (Wildman–Crippen LogP) is 2.06. The first-order chi connectivity index (χ1) is 7.46. The number of ether oxygens (including phenoxy) is 2. The van der Waals surface area contributed by atoms with Crippen LogP contribution in [-0.2, 0) is 5.92 Å². The molecule has 0 radical (unpaired) electrons. The first-order valence-electron chi connectivity index (χ1n) is 4.77. The molecule has 0 aromatic heterocycles. The predicted molar refractivity (Wildman–Crippen MR) is 57.2 cm³/mol. The highest BCUT2D eigenvalue weighted by Crippen LogP contribution is 2.38. The van der Waals surface area contributed by atoms with Gasteiger partial charge in [-0.1, -0.05) is 0 Å². The molecule has 0 aliphatic rings. The third kappa shape index (κ3) is 2.24. The first-order valence-corrected chi connectivity index (χ1v) is 4.77. The number of alkyl halides is 2. The molecule has 3 nitrogen and oxygen atoms in total. The van der Waals surface area contributed by atoms with Gasteiger partial charge in [0.2, 0.25) is 0 Å². The molecule has 0 heterocycles. The number of rotatable bonds is 4. The number of hydrogen-bond donors (Lipinski definition) is 1. The van der Waals surface area contributed by atoms with Crippen LogP contribution in [0, 0.1) is 6.92 Å². The van der Waals surface area contributed by atoms with Crippen molar-refractivity contribution in [2.75, 3.05) is 20.8 Å². The van der Waals surface area contributed by atoms with Crippen molar-refractivity contribution in [3.8, 4) is 11.5 Å². The molecule has 0 saturated heterocycles. The van der Waals surface area contributed by atoms with Crippen LogP contribution in [0.15, 0.2) is 12.1 Å². The fraction of sp³-hybridized carbons (Fsp3) is 0.455. The van der Waals surface area contributed by atoms with E-state index >= 15 is 0 Å². The third-order valence-corrected chi connectivity index (χ3v) is 2.37. The molecule has 0 spiro atoms. The number of methoxy groups -OCH3 is 2. The second-order valence-electron chi connectivity index (χ2n) is 3.43. The van der Waals surface area contributed by atoms with Crippen LogP contribution in [0.3, 0.4) is 0 Å². The Bertz CT molecular complexity index is 380. The van der Waals surface area contributed by atoms with Gasteiger partial charge in [0.1, 0.15) is 11.5 Å². The molecular formula is C11H15F2NO2. The van der Waals surface area contributed by atoms with Crippen LogP contribution in [0.25, 0.3) is 0 Å². The third-order valence-electron chi connectivity index (χ3n) is 2.37. The van der Waals surface area contributed by atoms with E-state index in [2.05, 4.69) is 0 Å². The summed E-state index contributed by atoms with van der Waals surface area (Å²) in [5.41, 5.74) is 5.53. The van der Waals surface area contributed by atoms with Crippen LogP contribution in [0.4, 0.5) is 8.78 Å². The molecular weight excluding hydrogens is 216 g/mol. The Kier molecular flexibility index (Phi) is 3.70. The Labute approximate surface area is 93.2 Å². The minimum atomic E-state index is -3.12. The molecule has 0 unspecified atom stereocenters. The summed E-state index contributed by atoms with van der Waals surface area (Å²) in [5.74, 6) is -2.61. The Morgan fingerprint density at radius 3 is 2.19 bits per heavy atom. The van der Waals surface area contributed by atoms with Gasteiger partial charge in [-0.2, -0.15) is 8.78 Å². The highest BCUT2D eigenvalue weighted by molar-refractivity contribution is 5.48. The van der Waals surface area contributed by atoms with Crippen LogP contribution >= 0.6 is 0 Å². The highest BCUT2D eigenvalue weighted by atomic mass is 19.3. The SMILES string of the molecule is COc1cc(C(F)(F)CN)c(OC)cc1C. The van der Waals surface area contributed by atoms with E-state index in [9.17, 15) is 8.78 Å². The van der Waals surface area contributed by atoms with Crippen LogP contribution in [0.2, 0.25) is 0 Å². The average Bonchev–Trinajstić information content (AvgIpc) is 2.28. The molecule has 0 saturated carbocycles. The fourth-order valence-electron chi connectivity index (χ4n) is 1.45. The lowest BCUT2D eigenvalue weighted by atomic mass is 10.0. The van der Waals surface area contributed by atoms with Gasteiger partial charge in [-0.25, -0.2) is 0 Å². The quantitative estimate of drug-likeness (QED) is 0.862. The number of hydrogen-bond acceptors (Lipinski definition) is 3. The number of benzene rings is 1. The van der Waals surface area contributed by atoms with Crippen LogP contribution < -0.4 is 15.2 Å². The summed E-state index contributed by atoms with van der Waals surface area (Å²) in [6.07, 6.45) is 0. The maximum Gasteiger partial charge on any atom is 0.288 e. The van der Waals surface area contributed by atoms with Crippen LogP contribution in [-0.4, -0.2) is 20.8 Å². The lowest BCUT2D eigenvalue weighted by Crippen LogP contribution is -2.25. The monoisotopic (exact) mass is 231 g/mol. The van der Waals surface area contributed by atoms with Gasteiger partial charge in [0.15, 0.2) is 0 Å². The summed E-state index contributed by atoms with van der Waals surface area (Å²) >= 11 is 0. The normalized spacial score (nSPS) is 11.4. The van der Waals surface area contributed by atoms with Crippen molar-refractivity contribution < 1.29 is 18.3 Å². The summed E-state index contributed by atoms with van der Waals surface area (Å²) in [6, 6.07) is 2.78. The van der Waals surface area contributed by atoms with E-state index in [0.717, 1.165) is 5.56 Å². The second-order valence-corrected chi connectivity index (χ2v) is 3.43. The Hall–Kier alpha value is -1.36. The van der Waals surface area contributed by atoms with Crippen molar-refractivity contribution in [3.05, 3.63) is 23.3 Å². The topological polar surface area (TPSA) is 44.5 Å². The van der Waals surface area contributed by atoms with E-state index in [1.165, 1.54) is 26.4 Å². The van der Waals surface area contributed by atoms with Gasteiger partial charge in [-0.05, 0) is 24.6 Å². The minimum absolute atomic E-state index is 0.119. The standard InChI is InChI=1S/C11H15F2NO2/c1-7-4-10(16-3)8(5-9(7)15-2)11(12,13)6-14/h4-5H,6,14H2,1-3H3. The lowest BCUT2D eigenvalue weighted by molar-refractivity contribution is 0.00347. The molecule has 90 valence electrons. The van der Waals surface area contributed by atoms with Gasteiger partial charge in [0, 0.05) is 0 Å². The molecule has 1 aromatic rings. The van der Waals surface area contributed by atoms with E-state index in [4.69, 9.17) is 15.2 Å². The molecule has 0 aliphatic carbocycles. The highest BCUT2D eigenvalue weighted by Gasteiger charge is 2.34. The molecule has 1 aromatic carbocycles. The lowest BCUT2D eigenvalue weighted by Gasteiger charge is -2.19. The molecule has 0 atom stereocenters. The van der Waals surface area contributed by atoms with Gasteiger partial charge in [0.05, 0.1) is 26.3 Å². The fourth-order valence-corrected chi connectivity index (χ4v) is 1.45. The van der Waals surface area contributed by atoms with Crippen molar-refractivity contribution in [1.82, 2.24) is 0 Å². The Morgan fingerprint density at radius 2 is 1.75 bits per heavy atom. The molecule has 5 heteroatoms. The van der Waals surface area contributed by atoms with E-state index in [1.807, 2.05) is 0 Å². The second kappa shape index (κ2) is 4.65. The number of halogens is 2. The van der Waals surface area contributed by atoms with Crippen molar-refractivity contribution in [1.29, 1.82) is 0 Å². The summed E-state index contributed by atoms with van der Waals surface area (Å²) < 4.78 is 37.0. The van der Waals surface area contributed by atoms with Gasteiger partial charge < -0.3 is 15.2 Å². The van der Waals surface area contributed by atoms with E-state index in [0.29, 0.717) is 5.75 Å².